The van der Waals surface area contributed by atoms with E-state index in [9.17, 15) is 4.79 Å². The molecule has 1 aromatic heterocycles. The van der Waals surface area contributed by atoms with E-state index in [1.54, 1.807) is 6.20 Å². The Balaban J connectivity index is 1.75. The van der Waals surface area contributed by atoms with E-state index in [1.807, 2.05) is 10.9 Å². The minimum absolute atomic E-state index is 0.0533. The third-order valence-corrected chi connectivity index (χ3v) is 3.68. The van der Waals surface area contributed by atoms with Crippen LogP contribution in [0.2, 0.25) is 0 Å². The van der Waals surface area contributed by atoms with Crippen LogP contribution in [0.1, 0.15) is 32.1 Å². The third kappa shape index (κ3) is 4.95. The van der Waals surface area contributed by atoms with E-state index in [0.29, 0.717) is 6.42 Å². The first-order valence-electron chi connectivity index (χ1n) is 6.78. The molecule has 2 heterocycles. The summed E-state index contributed by atoms with van der Waals surface area (Å²) in [7, 11) is 0. The predicted molar refractivity (Wildman–Crippen MR) is 77.5 cm³/mol. The van der Waals surface area contributed by atoms with Gasteiger partial charge >= 0.3 is 0 Å². The van der Waals surface area contributed by atoms with E-state index >= 15 is 0 Å². The number of anilines is 1. The number of alkyl halides is 1. The zero-order valence-corrected chi connectivity index (χ0v) is 12.6. The number of nitrogens with one attached hydrogen (secondary N) is 1. The number of rotatable bonds is 7. The number of hydrogen-bond donors (Lipinski definition) is 1. The molecule has 0 bridgehead atoms. The lowest BCUT2D eigenvalue weighted by Gasteiger charge is -2.08. The molecule has 1 aromatic rings. The van der Waals surface area contributed by atoms with Crippen molar-refractivity contribution in [2.45, 2.75) is 44.8 Å². The van der Waals surface area contributed by atoms with Crippen LogP contribution < -0.4 is 5.32 Å². The lowest BCUT2D eigenvalue weighted by atomic mass is 10.2. The topological polar surface area (TPSA) is 56.2 Å². The summed E-state index contributed by atoms with van der Waals surface area (Å²) in [6.07, 6.45) is 8.52. The normalized spacial score (nSPS) is 18.7. The number of hydrogen-bond acceptors (Lipinski definition) is 3. The van der Waals surface area contributed by atoms with Gasteiger partial charge in [-0.05, 0) is 25.7 Å². The van der Waals surface area contributed by atoms with Crippen LogP contribution in [0.25, 0.3) is 0 Å². The highest BCUT2D eigenvalue weighted by molar-refractivity contribution is 9.09. The maximum absolute atomic E-state index is 11.7. The summed E-state index contributed by atoms with van der Waals surface area (Å²) in [6, 6.07) is 0. The Labute approximate surface area is 121 Å². The van der Waals surface area contributed by atoms with Crippen molar-refractivity contribution >= 4 is 27.5 Å². The summed E-state index contributed by atoms with van der Waals surface area (Å²) < 4.78 is 7.40. The van der Waals surface area contributed by atoms with Crippen LogP contribution in [0.4, 0.5) is 5.69 Å². The van der Waals surface area contributed by atoms with Crippen LogP contribution in [0.3, 0.4) is 0 Å². The van der Waals surface area contributed by atoms with Crippen molar-refractivity contribution in [3.63, 3.8) is 0 Å². The first-order valence-corrected chi connectivity index (χ1v) is 7.90. The van der Waals surface area contributed by atoms with Crippen LogP contribution in [-0.2, 0) is 16.1 Å². The summed E-state index contributed by atoms with van der Waals surface area (Å²) in [5, 5.41) is 8.06. The van der Waals surface area contributed by atoms with Gasteiger partial charge in [0.25, 0.3) is 0 Å². The maximum atomic E-state index is 11.7. The monoisotopic (exact) mass is 329 g/mol. The van der Waals surface area contributed by atoms with E-state index in [0.717, 1.165) is 49.9 Å². The largest absolute Gasteiger partial charge is 0.376 e. The van der Waals surface area contributed by atoms with Gasteiger partial charge in [-0.1, -0.05) is 15.9 Å². The summed E-state index contributed by atoms with van der Waals surface area (Å²) in [4.78, 5) is 11.7. The standard InChI is InChI=1S/C13H20BrN3O2/c14-6-2-1-5-13(18)16-11-8-15-17(9-11)10-12-4-3-7-19-12/h8-9,12H,1-7,10H2,(H,16,18). The Morgan fingerprint density at radius 3 is 3.21 bits per heavy atom. The van der Waals surface area contributed by atoms with Crippen molar-refractivity contribution in [3.8, 4) is 0 Å². The maximum Gasteiger partial charge on any atom is 0.224 e. The molecule has 1 unspecified atom stereocenters. The van der Waals surface area contributed by atoms with Crippen molar-refractivity contribution in [2.75, 3.05) is 17.3 Å². The lowest BCUT2D eigenvalue weighted by molar-refractivity contribution is -0.116. The highest BCUT2D eigenvalue weighted by Crippen LogP contribution is 2.15. The van der Waals surface area contributed by atoms with Crippen LogP contribution >= 0.6 is 15.9 Å². The number of amides is 1. The number of unbranched alkanes of at least 4 members (excludes halogenated alkanes) is 1. The molecule has 1 fully saturated rings. The van der Waals surface area contributed by atoms with E-state index < -0.39 is 0 Å². The molecule has 0 aromatic carbocycles. The van der Waals surface area contributed by atoms with Crippen LogP contribution in [0, 0.1) is 0 Å². The van der Waals surface area contributed by atoms with Crippen molar-refractivity contribution in [1.29, 1.82) is 0 Å². The zero-order chi connectivity index (χ0) is 13.5. The van der Waals surface area contributed by atoms with E-state index in [4.69, 9.17) is 4.74 Å². The molecular weight excluding hydrogens is 310 g/mol. The highest BCUT2D eigenvalue weighted by Gasteiger charge is 2.16. The summed E-state index contributed by atoms with van der Waals surface area (Å²) in [5.74, 6) is 0.0533. The van der Waals surface area contributed by atoms with Crippen LogP contribution in [0.15, 0.2) is 12.4 Å². The molecule has 6 heteroatoms. The number of carbonyl (C=O) groups excluding carboxylic acids is 1. The summed E-state index contributed by atoms with van der Waals surface area (Å²) >= 11 is 3.35. The fourth-order valence-corrected chi connectivity index (χ4v) is 2.52. The molecule has 1 aliphatic rings. The SMILES string of the molecule is O=C(CCCCBr)Nc1cnn(CC2CCCO2)c1. The van der Waals surface area contributed by atoms with Gasteiger partial charge in [0.15, 0.2) is 0 Å². The van der Waals surface area contributed by atoms with Gasteiger partial charge in [0.1, 0.15) is 0 Å². The van der Waals surface area contributed by atoms with Gasteiger partial charge in [-0.15, -0.1) is 0 Å². The zero-order valence-electron chi connectivity index (χ0n) is 11.0. The third-order valence-electron chi connectivity index (χ3n) is 3.12. The summed E-state index contributed by atoms with van der Waals surface area (Å²) in [6.45, 7) is 1.61. The fourth-order valence-electron chi connectivity index (χ4n) is 2.13. The van der Waals surface area contributed by atoms with E-state index in [2.05, 4.69) is 26.3 Å². The second kappa shape index (κ2) is 7.65. The fraction of sp³-hybridized carbons (Fsp3) is 0.692. The van der Waals surface area contributed by atoms with Gasteiger partial charge in [0.05, 0.1) is 24.5 Å². The molecule has 1 amide bonds. The van der Waals surface area contributed by atoms with Crippen molar-refractivity contribution < 1.29 is 9.53 Å². The predicted octanol–water partition coefficient (Wildman–Crippen LogP) is 2.57. The second-order valence-electron chi connectivity index (χ2n) is 4.78. The average Bonchev–Trinajstić information content (AvgIpc) is 3.02. The minimum atomic E-state index is 0.0533. The number of nitrogens with zero attached hydrogens (tertiary/aromatic N) is 2. The first-order chi connectivity index (χ1) is 9.28. The van der Waals surface area contributed by atoms with Gasteiger partial charge < -0.3 is 10.1 Å². The smallest absolute Gasteiger partial charge is 0.224 e. The molecule has 5 nitrogen and oxygen atoms in total. The van der Waals surface area contributed by atoms with E-state index in [-0.39, 0.29) is 12.0 Å². The summed E-state index contributed by atoms with van der Waals surface area (Å²) in [5.41, 5.74) is 0.766. The van der Waals surface area contributed by atoms with Gasteiger partial charge in [-0.25, -0.2) is 0 Å². The molecule has 1 atom stereocenters. The number of carbonyl (C=O) groups is 1. The highest BCUT2D eigenvalue weighted by atomic mass is 79.9. The molecule has 106 valence electrons. The van der Waals surface area contributed by atoms with Crippen molar-refractivity contribution in [1.82, 2.24) is 9.78 Å². The molecule has 0 saturated carbocycles. The number of ether oxygens (including phenoxy) is 1. The number of halogens is 1. The average molecular weight is 330 g/mol. The second-order valence-corrected chi connectivity index (χ2v) is 5.57. The molecular formula is C13H20BrN3O2. The molecule has 0 spiro atoms. The minimum Gasteiger partial charge on any atom is -0.376 e. The van der Waals surface area contributed by atoms with Gasteiger partial charge in [-0.2, -0.15) is 5.10 Å². The molecule has 2 rings (SSSR count). The Morgan fingerprint density at radius 1 is 1.58 bits per heavy atom. The van der Waals surface area contributed by atoms with Gasteiger partial charge in [0, 0.05) is 24.6 Å². The lowest BCUT2D eigenvalue weighted by Crippen LogP contribution is -2.15. The molecule has 0 radical (unpaired) electrons. The van der Waals surface area contributed by atoms with Crippen LogP contribution in [-0.4, -0.2) is 33.7 Å². The van der Waals surface area contributed by atoms with Crippen LogP contribution in [0.5, 0.6) is 0 Å². The Kier molecular flexibility index (Phi) is 5.85. The van der Waals surface area contributed by atoms with Gasteiger partial charge in [-0.3, -0.25) is 9.48 Å². The first kappa shape index (κ1) is 14.5. The van der Waals surface area contributed by atoms with E-state index in [1.165, 1.54) is 0 Å². The molecule has 19 heavy (non-hydrogen) atoms. The Morgan fingerprint density at radius 2 is 2.47 bits per heavy atom. The number of aromatic nitrogens is 2. The molecule has 1 saturated heterocycles. The quantitative estimate of drug-likeness (QED) is 0.617. The molecule has 1 aliphatic heterocycles. The molecule has 1 N–H and O–H groups in total. The Bertz CT molecular complexity index is 402. The van der Waals surface area contributed by atoms with Crippen molar-refractivity contribution in [2.24, 2.45) is 0 Å². The molecule has 0 aliphatic carbocycles. The Hall–Kier alpha value is -0.880. The van der Waals surface area contributed by atoms with Gasteiger partial charge in [0.2, 0.25) is 5.91 Å². The van der Waals surface area contributed by atoms with Crippen molar-refractivity contribution in [3.05, 3.63) is 12.4 Å².